The van der Waals surface area contributed by atoms with Crippen LogP contribution >= 0.6 is 0 Å². The lowest BCUT2D eigenvalue weighted by atomic mass is 10.2. The van der Waals surface area contributed by atoms with Crippen LogP contribution in [-0.2, 0) is 4.74 Å². The maximum absolute atomic E-state index is 13.2. The fourth-order valence-electron chi connectivity index (χ4n) is 1.49. The Morgan fingerprint density at radius 2 is 2.13 bits per heavy atom. The highest BCUT2D eigenvalue weighted by molar-refractivity contribution is 5.46. The van der Waals surface area contributed by atoms with Gasteiger partial charge in [-0.1, -0.05) is 0 Å². The van der Waals surface area contributed by atoms with Crippen molar-refractivity contribution >= 4 is 5.69 Å². The number of aliphatic hydroxyl groups excluding tert-OH is 1. The number of halogens is 2. The van der Waals surface area contributed by atoms with E-state index in [1.807, 2.05) is 0 Å². The average Bonchev–Trinajstić information content (AvgIpc) is 2.57. The Bertz CT molecular complexity index is 359. The van der Waals surface area contributed by atoms with E-state index in [0.29, 0.717) is 6.61 Å². The topological polar surface area (TPSA) is 41.5 Å². The van der Waals surface area contributed by atoms with E-state index in [9.17, 15) is 13.9 Å². The number of aliphatic hydroxyl groups is 1. The van der Waals surface area contributed by atoms with Crippen molar-refractivity contribution < 1.29 is 18.6 Å². The molecule has 2 N–H and O–H groups in total. The molecule has 0 spiro atoms. The zero-order chi connectivity index (χ0) is 10.8. The Labute approximate surface area is 85.7 Å². The monoisotopic (exact) mass is 215 g/mol. The molecule has 1 fully saturated rings. The lowest BCUT2D eigenvalue weighted by Crippen LogP contribution is -2.32. The number of ether oxygens (including phenoxy) is 1. The number of anilines is 1. The highest BCUT2D eigenvalue weighted by Gasteiger charge is 2.26. The molecule has 2 unspecified atom stereocenters. The van der Waals surface area contributed by atoms with Crippen LogP contribution in [0.4, 0.5) is 14.5 Å². The van der Waals surface area contributed by atoms with E-state index in [-0.39, 0.29) is 18.3 Å². The standard InChI is InChI=1S/C10H11F2NO2/c11-6-1-2-8(7(12)3-6)13-9-4-15-5-10(9)14/h1-3,9-10,13-14H,4-5H2. The Kier molecular flexibility index (Phi) is 2.83. The van der Waals surface area contributed by atoms with E-state index in [2.05, 4.69) is 5.32 Å². The lowest BCUT2D eigenvalue weighted by molar-refractivity contribution is 0.125. The Hall–Kier alpha value is -1.20. The van der Waals surface area contributed by atoms with Crippen molar-refractivity contribution in [3.63, 3.8) is 0 Å². The van der Waals surface area contributed by atoms with Crippen molar-refractivity contribution in [2.75, 3.05) is 18.5 Å². The molecule has 1 aromatic rings. The summed E-state index contributed by atoms with van der Waals surface area (Å²) in [5.74, 6) is -1.30. The molecule has 1 saturated heterocycles. The van der Waals surface area contributed by atoms with Crippen LogP contribution in [0.1, 0.15) is 0 Å². The molecule has 82 valence electrons. The number of nitrogens with one attached hydrogen (secondary N) is 1. The van der Waals surface area contributed by atoms with E-state index >= 15 is 0 Å². The number of rotatable bonds is 2. The van der Waals surface area contributed by atoms with Gasteiger partial charge >= 0.3 is 0 Å². The van der Waals surface area contributed by atoms with Crippen LogP contribution in [0.2, 0.25) is 0 Å². The van der Waals surface area contributed by atoms with Crippen molar-refractivity contribution in [2.24, 2.45) is 0 Å². The van der Waals surface area contributed by atoms with Gasteiger partial charge in [-0.2, -0.15) is 0 Å². The van der Waals surface area contributed by atoms with Crippen LogP contribution in [0.5, 0.6) is 0 Å². The van der Waals surface area contributed by atoms with Gasteiger partial charge in [0.25, 0.3) is 0 Å². The normalized spacial score (nSPS) is 25.5. The molecule has 0 bridgehead atoms. The molecule has 1 heterocycles. The number of hydrogen-bond donors (Lipinski definition) is 2. The molecule has 5 heteroatoms. The fraction of sp³-hybridized carbons (Fsp3) is 0.400. The highest BCUT2D eigenvalue weighted by atomic mass is 19.1. The third kappa shape index (κ3) is 2.24. The van der Waals surface area contributed by atoms with Gasteiger partial charge in [-0.25, -0.2) is 8.78 Å². The van der Waals surface area contributed by atoms with Crippen LogP contribution in [0.3, 0.4) is 0 Å². The zero-order valence-corrected chi connectivity index (χ0v) is 7.91. The Morgan fingerprint density at radius 1 is 1.33 bits per heavy atom. The van der Waals surface area contributed by atoms with Gasteiger partial charge in [0.05, 0.1) is 31.0 Å². The molecule has 3 nitrogen and oxygen atoms in total. The molecule has 2 rings (SSSR count). The van der Waals surface area contributed by atoms with Gasteiger partial charge in [-0.15, -0.1) is 0 Å². The fourth-order valence-corrected chi connectivity index (χ4v) is 1.49. The third-order valence-corrected chi connectivity index (χ3v) is 2.32. The minimum atomic E-state index is -0.672. The largest absolute Gasteiger partial charge is 0.388 e. The van der Waals surface area contributed by atoms with E-state index < -0.39 is 17.7 Å². The Morgan fingerprint density at radius 3 is 2.73 bits per heavy atom. The summed E-state index contributed by atoms with van der Waals surface area (Å²) < 4.78 is 30.8. The molecule has 0 aromatic heterocycles. The average molecular weight is 215 g/mol. The van der Waals surface area contributed by atoms with Gasteiger partial charge in [0.1, 0.15) is 11.6 Å². The molecule has 0 amide bonds. The van der Waals surface area contributed by atoms with E-state index in [4.69, 9.17) is 4.74 Å². The summed E-state index contributed by atoms with van der Waals surface area (Å²) in [5.41, 5.74) is 0.172. The first-order valence-electron chi connectivity index (χ1n) is 4.64. The van der Waals surface area contributed by atoms with Gasteiger partial charge < -0.3 is 15.2 Å². The Balaban J connectivity index is 2.10. The molecular weight excluding hydrogens is 204 g/mol. The third-order valence-electron chi connectivity index (χ3n) is 2.32. The highest BCUT2D eigenvalue weighted by Crippen LogP contribution is 2.18. The predicted octanol–water partition coefficient (Wildman–Crippen LogP) is 1.14. The molecule has 2 atom stereocenters. The first-order chi connectivity index (χ1) is 7.16. The molecule has 0 saturated carbocycles. The number of benzene rings is 1. The molecular formula is C10H11F2NO2. The molecule has 0 radical (unpaired) electrons. The van der Waals surface area contributed by atoms with Gasteiger partial charge in [-0.3, -0.25) is 0 Å². The van der Waals surface area contributed by atoms with Crippen molar-refractivity contribution in [2.45, 2.75) is 12.1 Å². The van der Waals surface area contributed by atoms with Crippen molar-refractivity contribution in [1.82, 2.24) is 0 Å². The molecule has 15 heavy (non-hydrogen) atoms. The summed E-state index contributed by atoms with van der Waals surface area (Å²) in [4.78, 5) is 0. The molecule has 0 aliphatic carbocycles. The molecule has 1 aliphatic rings. The summed E-state index contributed by atoms with van der Waals surface area (Å²) in [6.07, 6.45) is -0.658. The van der Waals surface area contributed by atoms with Gasteiger partial charge in [-0.05, 0) is 12.1 Å². The maximum Gasteiger partial charge on any atom is 0.149 e. The van der Waals surface area contributed by atoms with Crippen LogP contribution in [0.15, 0.2) is 18.2 Å². The first kappa shape index (κ1) is 10.3. The second-order valence-corrected chi connectivity index (χ2v) is 3.48. The second kappa shape index (κ2) is 4.12. The summed E-state index contributed by atoms with van der Waals surface area (Å²) in [7, 11) is 0. The zero-order valence-electron chi connectivity index (χ0n) is 7.91. The van der Waals surface area contributed by atoms with Crippen LogP contribution in [0.25, 0.3) is 0 Å². The van der Waals surface area contributed by atoms with Crippen LogP contribution < -0.4 is 5.32 Å². The predicted molar refractivity (Wildman–Crippen MR) is 50.6 cm³/mol. The molecule has 1 aliphatic heterocycles. The first-order valence-corrected chi connectivity index (χ1v) is 4.64. The number of hydrogen-bond acceptors (Lipinski definition) is 3. The molecule has 1 aromatic carbocycles. The second-order valence-electron chi connectivity index (χ2n) is 3.48. The smallest absolute Gasteiger partial charge is 0.149 e. The van der Waals surface area contributed by atoms with Crippen molar-refractivity contribution in [1.29, 1.82) is 0 Å². The minimum Gasteiger partial charge on any atom is -0.388 e. The van der Waals surface area contributed by atoms with Gasteiger partial charge in [0.2, 0.25) is 0 Å². The van der Waals surface area contributed by atoms with Crippen molar-refractivity contribution in [3.8, 4) is 0 Å². The van der Waals surface area contributed by atoms with Crippen molar-refractivity contribution in [3.05, 3.63) is 29.8 Å². The summed E-state index contributed by atoms with van der Waals surface area (Å²) >= 11 is 0. The van der Waals surface area contributed by atoms with E-state index in [0.717, 1.165) is 12.1 Å². The van der Waals surface area contributed by atoms with E-state index in [1.165, 1.54) is 6.07 Å². The summed E-state index contributed by atoms with van der Waals surface area (Å²) in [6.45, 7) is 0.554. The van der Waals surface area contributed by atoms with Gasteiger partial charge in [0, 0.05) is 6.07 Å². The maximum atomic E-state index is 13.2. The SMILES string of the molecule is OC1COCC1Nc1ccc(F)cc1F. The van der Waals surface area contributed by atoms with Crippen LogP contribution in [-0.4, -0.2) is 30.5 Å². The minimum absolute atomic E-state index is 0.172. The summed E-state index contributed by atoms with van der Waals surface area (Å²) in [6, 6.07) is 2.92. The quantitative estimate of drug-likeness (QED) is 0.777. The van der Waals surface area contributed by atoms with Gasteiger partial charge in [0.15, 0.2) is 0 Å². The van der Waals surface area contributed by atoms with Crippen LogP contribution in [0, 0.1) is 11.6 Å². The summed E-state index contributed by atoms with van der Waals surface area (Å²) in [5, 5.41) is 12.2. The van der Waals surface area contributed by atoms with E-state index in [1.54, 1.807) is 0 Å². The lowest BCUT2D eigenvalue weighted by Gasteiger charge is -2.16.